The van der Waals surface area contributed by atoms with E-state index in [1.807, 2.05) is 36.4 Å². The Labute approximate surface area is 123 Å². The zero-order valence-electron chi connectivity index (χ0n) is 11.7. The first-order valence-electron chi connectivity index (χ1n) is 6.55. The molecule has 0 N–H and O–H groups in total. The van der Waals surface area contributed by atoms with E-state index in [9.17, 15) is 4.79 Å². The van der Waals surface area contributed by atoms with Crippen LogP contribution in [-0.4, -0.2) is 13.1 Å². The minimum absolute atomic E-state index is 0.285. The summed E-state index contributed by atoms with van der Waals surface area (Å²) in [5.74, 6) is 0.374. The van der Waals surface area contributed by atoms with Crippen molar-refractivity contribution in [2.24, 2.45) is 0 Å². The molecule has 0 atom stereocenters. The zero-order valence-corrected chi connectivity index (χ0v) is 11.7. The number of rotatable bonds is 5. The molecular weight excluding hydrogens is 266 g/mol. The molecule has 0 unspecified atom stereocenters. The number of carbonyl (C=O) groups is 1. The molecule has 0 saturated heterocycles. The molecule has 0 saturated carbocycles. The van der Waals surface area contributed by atoms with E-state index in [2.05, 4.69) is 0 Å². The number of benzene rings is 2. The summed E-state index contributed by atoms with van der Waals surface area (Å²) in [6.07, 6.45) is 0.908. The van der Waals surface area contributed by atoms with E-state index >= 15 is 0 Å². The molecule has 0 fully saturated rings. The maximum Gasteiger partial charge on any atom is 0.311 e. The van der Waals surface area contributed by atoms with Crippen molar-refractivity contribution in [3.05, 3.63) is 59.7 Å². The standard InChI is InChI=1S/C17H15NO3/c1-20-16-11-14(12-18)7-9-15(16)21-17(19)10-8-13-5-3-2-4-6-13/h2-7,9,11H,8,10H2,1H3. The number of nitriles is 1. The SMILES string of the molecule is COc1cc(C#N)ccc1OC(=O)CCc1ccccc1. The lowest BCUT2D eigenvalue weighted by Gasteiger charge is -2.09. The fourth-order valence-corrected chi connectivity index (χ4v) is 1.89. The molecule has 0 aliphatic carbocycles. The average molecular weight is 281 g/mol. The first-order chi connectivity index (χ1) is 10.2. The van der Waals surface area contributed by atoms with Gasteiger partial charge in [-0.15, -0.1) is 0 Å². The Hall–Kier alpha value is -2.80. The molecule has 21 heavy (non-hydrogen) atoms. The first kappa shape index (κ1) is 14.6. The summed E-state index contributed by atoms with van der Waals surface area (Å²) in [6, 6.07) is 16.4. The average Bonchev–Trinajstić information content (AvgIpc) is 2.54. The lowest BCUT2D eigenvalue weighted by atomic mass is 10.1. The molecule has 0 aliphatic rings. The number of hydrogen-bond acceptors (Lipinski definition) is 4. The Morgan fingerprint density at radius 2 is 1.90 bits per heavy atom. The van der Waals surface area contributed by atoms with Gasteiger partial charge in [-0.05, 0) is 24.1 Å². The highest BCUT2D eigenvalue weighted by molar-refractivity contribution is 5.73. The predicted molar refractivity (Wildman–Crippen MR) is 78.1 cm³/mol. The lowest BCUT2D eigenvalue weighted by molar-refractivity contribution is -0.134. The van der Waals surface area contributed by atoms with Gasteiger partial charge in [0.1, 0.15) is 0 Å². The number of esters is 1. The smallest absolute Gasteiger partial charge is 0.311 e. The Kier molecular flexibility index (Phi) is 4.94. The third-order valence-electron chi connectivity index (χ3n) is 2.98. The van der Waals surface area contributed by atoms with Gasteiger partial charge in [0.05, 0.1) is 18.7 Å². The fourth-order valence-electron chi connectivity index (χ4n) is 1.89. The van der Waals surface area contributed by atoms with Crippen molar-refractivity contribution in [2.45, 2.75) is 12.8 Å². The van der Waals surface area contributed by atoms with Crippen molar-refractivity contribution < 1.29 is 14.3 Å². The van der Waals surface area contributed by atoms with Crippen LogP contribution in [0.3, 0.4) is 0 Å². The van der Waals surface area contributed by atoms with Gasteiger partial charge >= 0.3 is 5.97 Å². The largest absolute Gasteiger partial charge is 0.493 e. The second-order valence-electron chi connectivity index (χ2n) is 4.44. The third-order valence-corrected chi connectivity index (χ3v) is 2.98. The molecule has 0 aromatic heterocycles. The van der Waals surface area contributed by atoms with Crippen molar-refractivity contribution in [2.75, 3.05) is 7.11 Å². The second-order valence-corrected chi connectivity index (χ2v) is 4.44. The molecule has 0 radical (unpaired) electrons. The van der Waals surface area contributed by atoms with Gasteiger partial charge in [-0.2, -0.15) is 5.26 Å². The van der Waals surface area contributed by atoms with Crippen molar-refractivity contribution in [3.8, 4) is 17.6 Å². The summed E-state index contributed by atoms with van der Waals surface area (Å²) in [7, 11) is 1.47. The molecule has 0 bridgehead atoms. The van der Waals surface area contributed by atoms with Crippen LogP contribution < -0.4 is 9.47 Å². The van der Waals surface area contributed by atoms with Crippen molar-refractivity contribution >= 4 is 5.97 Å². The number of methoxy groups -OCH3 is 1. The van der Waals surface area contributed by atoms with E-state index in [0.29, 0.717) is 23.5 Å². The minimum Gasteiger partial charge on any atom is -0.493 e. The Morgan fingerprint density at radius 1 is 1.14 bits per heavy atom. The molecule has 0 heterocycles. The van der Waals surface area contributed by atoms with Crippen LogP contribution in [-0.2, 0) is 11.2 Å². The van der Waals surface area contributed by atoms with Crippen molar-refractivity contribution in [1.29, 1.82) is 5.26 Å². The quantitative estimate of drug-likeness (QED) is 0.624. The topological polar surface area (TPSA) is 59.3 Å². The van der Waals surface area contributed by atoms with Crippen molar-refractivity contribution in [1.82, 2.24) is 0 Å². The van der Waals surface area contributed by atoms with E-state index in [1.165, 1.54) is 7.11 Å². The van der Waals surface area contributed by atoms with E-state index in [-0.39, 0.29) is 12.4 Å². The second kappa shape index (κ2) is 7.11. The molecule has 106 valence electrons. The summed E-state index contributed by atoms with van der Waals surface area (Å²) in [5.41, 5.74) is 1.54. The van der Waals surface area contributed by atoms with Crippen LogP contribution in [0.2, 0.25) is 0 Å². The van der Waals surface area contributed by atoms with Gasteiger partial charge in [-0.25, -0.2) is 0 Å². The van der Waals surface area contributed by atoms with Gasteiger partial charge < -0.3 is 9.47 Å². The molecule has 4 nitrogen and oxygen atoms in total. The lowest BCUT2D eigenvalue weighted by Crippen LogP contribution is -2.09. The van der Waals surface area contributed by atoms with Crippen molar-refractivity contribution in [3.63, 3.8) is 0 Å². The normalized spacial score (nSPS) is 9.71. The summed E-state index contributed by atoms with van der Waals surface area (Å²) in [6.45, 7) is 0. The van der Waals surface area contributed by atoms with Crippen LogP contribution in [0.5, 0.6) is 11.5 Å². The minimum atomic E-state index is -0.332. The van der Waals surface area contributed by atoms with Gasteiger partial charge in [0, 0.05) is 12.5 Å². The Bertz CT molecular complexity index is 659. The first-order valence-corrected chi connectivity index (χ1v) is 6.55. The van der Waals surface area contributed by atoms with E-state index in [1.54, 1.807) is 18.2 Å². The van der Waals surface area contributed by atoms with Crippen LogP contribution >= 0.6 is 0 Å². The number of aryl methyl sites for hydroxylation is 1. The zero-order chi connectivity index (χ0) is 15.1. The number of hydrogen-bond donors (Lipinski definition) is 0. The maximum atomic E-state index is 11.9. The van der Waals surface area contributed by atoms with Crippen LogP contribution in [0.25, 0.3) is 0 Å². The van der Waals surface area contributed by atoms with Gasteiger partial charge in [-0.3, -0.25) is 4.79 Å². The molecular formula is C17H15NO3. The molecule has 0 aliphatic heterocycles. The summed E-state index contributed by atoms with van der Waals surface area (Å²) >= 11 is 0. The molecule has 2 aromatic carbocycles. The Morgan fingerprint density at radius 3 is 2.57 bits per heavy atom. The van der Waals surface area contributed by atoms with Crippen LogP contribution in [0.4, 0.5) is 0 Å². The predicted octanol–water partition coefficient (Wildman–Crippen LogP) is 3.11. The van der Waals surface area contributed by atoms with Crippen LogP contribution in [0.1, 0.15) is 17.5 Å². The van der Waals surface area contributed by atoms with Crippen LogP contribution in [0, 0.1) is 11.3 Å². The highest BCUT2D eigenvalue weighted by Gasteiger charge is 2.11. The van der Waals surface area contributed by atoms with Crippen LogP contribution in [0.15, 0.2) is 48.5 Å². The van der Waals surface area contributed by atoms with Gasteiger partial charge in [0.2, 0.25) is 0 Å². The van der Waals surface area contributed by atoms with E-state index in [4.69, 9.17) is 14.7 Å². The summed E-state index contributed by atoms with van der Waals surface area (Å²) < 4.78 is 10.4. The number of carbonyl (C=O) groups excluding carboxylic acids is 1. The monoisotopic (exact) mass is 281 g/mol. The highest BCUT2D eigenvalue weighted by Crippen LogP contribution is 2.28. The Balaban J connectivity index is 1.98. The van der Waals surface area contributed by atoms with E-state index in [0.717, 1.165) is 5.56 Å². The summed E-state index contributed by atoms with van der Waals surface area (Å²) in [5, 5.41) is 8.83. The van der Waals surface area contributed by atoms with E-state index < -0.39 is 0 Å². The van der Waals surface area contributed by atoms with Gasteiger partial charge in [-0.1, -0.05) is 30.3 Å². The number of nitrogens with zero attached hydrogens (tertiary/aromatic N) is 1. The highest BCUT2D eigenvalue weighted by atomic mass is 16.6. The molecule has 2 rings (SSSR count). The fraction of sp³-hybridized carbons (Fsp3) is 0.176. The summed E-state index contributed by atoms with van der Waals surface area (Å²) in [4.78, 5) is 11.9. The number of ether oxygens (including phenoxy) is 2. The third kappa shape index (κ3) is 4.08. The molecule has 0 amide bonds. The van der Waals surface area contributed by atoms with Gasteiger partial charge in [0.25, 0.3) is 0 Å². The maximum absolute atomic E-state index is 11.9. The molecule has 0 spiro atoms. The molecule has 4 heteroatoms. The molecule has 2 aromatic rings. The van der Waals surface area contributed by atoms with Gasteiger partial charge in [0.15, 0.2) is 11.5 Å².